The standard InChI is InChI=1S/C32H37N5O4/c1-41-30-9-5-2-6-26(30)16-18-33-32(39)34-19-21-37(20-17-27-22-35-29-8-4-3-7-28(27)29)23-25-12-10-24(11-13-25)14-15-31(38)36-40/h2-15,22,35,40H,16-21,23H2,1H3,(H,36,38)(H2,33,34,39). The summed E-state index contributed by atoms with van der Waals surface area (Å²) in [5.74, 6) is 0.245. The highest BCUT2D eigenvalue weighted by atomic mass is 16.5. The lowest BCUT2D eigenvalue weighted by Gasteiger charge is -2.23. The molecule has 5 N–H and O–H groups in total. The third kappa shape index (κ3) is 8.96. The molecule has 0 aliphatic carbocycles. The van der Waals surface area contributed by atoms with E-state index in [0.29, 0.717) is 32.6 Å². The van der Waals surface area contributed by atoms with Gasteiger partial charge in [0.15, 0.2) is 0 Å². The Labute approximate surface area is 240 Å². The molecule has 3 aromatic carbocycles. The van der Waals surface area contributed by atoms with Crippen LogP contribution in [0.2, 0.25) is 0 Å². The number of amides is 3. The Morgan fingerprint density at radius 2 is 1.66 bits per heavy atom. The van der Waals surface area contributed by atoms with Crippen LogP contribution in [0, 0.1) is 0 Å². The number of fused-ring (bicyclic) bond motifs is 1. The van der Waals surface area contributed by atoms with Crippen molar-refractivity contribution in [2.45, 2.75) is 19.4 Å². The number of methoxy groups -OCH3 is 1. The van der Waals surface area contributed by atoms with E-state index in [2.05, 4.69) is 38.8 Å². The van der Waals surface area contributed by atoms with Crippen LogP contribution in [0.25, 0.3) is 17.0 Å². The summed E-state index contributed by atoms with van der Waals surface area (Å²) >= 11 is 0. The number of urea groups is 1. The number of carbonyl (C=O) groups is 2. The first kappa shape index (κ1) is 29.4. The molecule has 214 valence electrons. The van der Waals surface area contributed by atoms with Gasteiger partial charge in [-0.2, -0.15) is 0 Å². The maximum absolute atomic E-state index is 12.5. The second-order valence-electron chi connectivity index (χ2n) is 9.68. The van der Waals surface area contributed by atoms with Crippen molar-refractivity contribution < 1.29 is 19.5 Å². The molecule has 1 aromatic heterocycles. The van der Waals surface area contributed by atoms with Gasteiger partial charge in [-0.05, 0) is 53.3 Å². The number of ether oxygens (including phenoxy) is 1. The van der Waals surface area contributed by atoms with Gasteiger partial charge in [0.05, 0.1) is 7.11 Å². The van der Waals surface area contributed by atoms with Crippen LogP contribution in [0.15, 0.2) is 85.1 Å². The van der Waals surface area contributed by atoms with Gasteiger partial charge < -0.3 is 20.4 Å². The quantitative estimate of drug-likeness (QED) is 0.0904. The van der Waals surface area contributed by atoms with Crippen LogP contribution in [0.1, 0.15) is 22.3 Å². The molecular weight excluding hydrogens is 518 g/mol. The second-order valence-corrected chi connectivity index (χ2v) is 9.68. The van der Waals surface area contributed by atoms with Gasteiger partial charge in [0.25, 0.3) is 5.91 Å². The van der Waals surface area contributed by atoms with E-state index in [1.165, 1.54) is 17.0 Å². The number of rotatable bonds is 14. The third-order valence-corrected chi connectivity index (χ3v) is 6.88. The van der Waals surface area contributed by atoms with Crippen molar-refractivity contribution in [3.63, 3.8) is 0 Å². The zero-order valence-electron chi connectivity index (χ0n) is 23.2. The summed E-state index contributed by atoms with van der Waals surface area (Å²) in [5.41, 5.74) is 7.00. The first-order chi connectivity index (χ1) is 20.1. The van der Waals surface area contributed by atoms with E-state index in [1.54, 1.807) is 18.7 Å². The number of aromatic nitrogens is 1. The van der Waals surface area contributed by atoms with Crippen LogP contribution < -0.4 is 20.9 Å². The van der Waals surface area contributed by atoms with Crippen LogP contribution >= 0.6 is 0 Å². The molecule has 0 unspecified atom stereocenters. The van der Waals surface area contributed by atoms with Gasteiger partial charge in [-0.1, -0.05) is 60.7 Å². The molecule has 0 bridgehead atoms. The molecule has 0 radical (unpaired) electrons. The Morgan fingerprint density at radius 1 is 0.902 bits per heavy atom. The minimum atomic E-state index is -0.575. The van der Waals surface area contributed by atoms with Crippen molar-refractivity contribution in [3.05, 3.63) is 107 Å². The summed E-state index contributed by atoms with van der Waals surface area (Å²) in [7, 11) is 1.65. The van der Waals surface area contributed by atoms with Gasteiger partial charge in [-0.3, -0.25) is 14.9 Å². The fourth-order valence-electron chi connectivity index (χ4n) is 4.70. The van der Waals surface area contributed by atoms with Crippen LogP contribution in [-0.4, -0.2) is 60.3 Å². The molecule has 0 aliphatic heterocycles. The summed E-state index contributed by atoms with van der Waals surface area (Å²) in [4.78, 5) is 29.4. The molecule has 0 aliphatic rings. The van der Waals surface area contributed by atoms with E-state index in [-0.39, 0.29) is 6.03 Å². The van der Waals surface area contributed by atoms with Gasteiger partial charge in [0.1, 0.15) is 5.75 Å². The molecule has 4 aromatic rings. The highest BCUT2D eigenvalue weighted by Gasteiger charge is 2.11. The van der Waals surface area contributed by atoms with E-state index in [9.17, 15) is 9.59 Å². The Bertz CT molecular complexity index is 1450. The number of hydrogen-bond acceptors (Lipinski definition) is 5. The van der Waals surface area contributed by atoms with Crippen molar-refractivity contribution >= 4 is 28.9 Å². The molecule has 4 rings (SSSR count). The summed E-state index contributed by atoms with van der Waals surface area (Å²) in [6.45, 7) is 3.22. The zero-order chi connectivity index (χ0) is 28.9. The average Bonchev–Trinajstić information content (AvgIpc) is 3.42. The van der Waals surface area contributed by atoms with E-state index in [0.717, 1.165) is 40.9 Å². The third-order valence-electron chi connectivity index (χ3n) is 6.88. The highest BCUT2D eigenvalue weighted by molar-refractivity contribution is 5.90. The number of aromatic amines is 1. The SMILES string of the molecule is COc1ccccc1CCNC(=O)NCCN(CCc1c[nH]c2ccccc12)Cc1ccc(C=CC(=O)NO)cc1. The molecular formula is C32H37N5O4. The highest BCUT2D eigenvalue weighted by Crippen LogP contribution is 2.19. The number of nitrogens with one attached hydrogen (secondary N) is 4. The maximum atomic E-state index is 12.5. The monoisotopic (exact) mass is 555 g/mol. The molecule has 0 saturated heterocycles. The van der Waals surface area contributed by atoms with Crippen molar-refractivity contribution in [3.8, 4) is 5.75 Å². The average molecular weight is 556 g/mol. The molecule has 0 spiro atoms. The second kappa shape index (κ2) is 15.3. The molecule has 3 amide bonds. The minimum absolute atomic E-state index is 0.195. The topological polar surface area (TPSA) is 119 Å². The Kier molecular flexibility index (Phi) is 10.9. The molecule has 41 heavy (non-hydrogen) atoms. The van der Waals surface area contributed by atoms with E-state index in [4.69, 9.17) is 9.94 Å². The summed E-state index contributed by atoms with van der Waals surface area (Å²) in [6.07, 6.45) is 6.53. The normalized spacial score (nSPS) is 11.2. The van der Waals surface area contributed by atoms with E-state index in [1.807, 2.05) is 60.7 Å². The van der Waals surface area contributed by atoms with Gasteiger partial charge in [-0.25, -0.2) is 10.3 Å². The molecule has 1 heterocycles. The maximum Gasteiger partial charge on any atom is 0.314 e. The van der Waals surface area contributed by atoms with Crippen LogP contribution in [-0.2, 0) is 24.2 Å². The van der Waals surface area contributed by atoms with Crippen molar-refractivity contribution in [1.82, 2.24) is 26.0 Å². The Hall–Kier alpha value is -4.60. The molecule has 0 fully saturated rings. The first-order valence-corrected chi connectivity index (χ1v) is 13.7. The van der Waals surface area contributed by atoms with Gasteiger partial charge in [0, 0.05) is 55.9 Å². The van der Waals surface area contributed by atoms with Crippen molar-refractivity contribution in [2.75, 3.05) is 33.3 Å². The molecule has 0 saturated carbocycles. The summed E-state index contributed by atoms with van der Waals surface area (Å²) < 4.78 is 5.38. The first-order valence-electron chi connectivity index (χ1n) is 13.7. The largest absolute Gasteiger partial charge is 0.496 e. The van der Waals surface area contributed by atoms with Crippen molar-refractivity contribution in [1.29, 1.82) is 0 Å². The number of benzene rings is 3. The number of para-hydroxylation sites is 2. The van der Waals surface area contributed by atoms with E-state index >= 15 is 0 Å². The predicted molar refractivity (Wildman–Crippen MR) is 161 cm³/mol. The summed E-state index contributed by atoms with van der Waals surface area (Å²) in [6, 6.07) is 23.8. The fourth-order valence-corrected chi connectivity index (χ4v) is 4.70. The Morgan fingerprint density at radius 3 is 2.46 bits per heavy atom. The van der Waals surface area contributed by atoms with Crippen LogP contribution in [0.3, 0.4) is 0 Å². The predicted octanol–water partition coefficient (Wildman–Crippen LogP) is 4.28. The minimum Gasteiger partial charge on any atom is -0.496 e. The lowest BCUT2D eigenvalue weighted by molar-refractivity contribution is -0.124. The van der Waals surface area contributed by atoms with Gasteiger partial charge in [0.2, 0.25) is 0 Å². The molecule has 9 heteroatoms. The lowest BCUT2D eigenvalue weighted by atomic mass is 10.1. The molecule has 0 atom stereocenters. The number of carbonyl (C=O) groups excluding carboxylic acids is 2. The van der Waals surface area contributed by atoms with Crippen LogP contribution in [0.4, 0.5) is 4.79 Å². The lowest BCUT2D eigenvalue weighted by Crippen LogP contribution is -2.41. The zero-order valence-corrected chi connectivity index (χ0v) is 23.2. The number of hydroxylamine groups is 1. The number of hydrogen-bond donors (Lipinski definition) is 5. The molecule has 9 nitrogen and oxygen atoms in total. The number of H-pyrrole nitrogens is 1. The smallest absolute Gasteiger partial charge is 0.314 e. The van der Waals surface area contributed by atoms with Gasteiger partial charge in [-0.15, -0.1) is 0 Å². The van der Waals surface area contributed by atoms with Crippen molar-refractivity contribution in [2.24, 2.45) is 0 Å². The fraction of sp³-hybridized carbons (Fsp3) is 0.250. The Balaban J connectivity index is 1.32. The van der Waals surface area contributed by atoms with E-state index < -0.39 is 5.91 Å². The van der Waals surface area contributed by atoms with Gasteiger partial charge >= 0.3 is 6.03 Å². The van der Waals surface area contributed by atoms with Crippen LogP contribution in [0.5, 0.6) is 5.75 Å². The summed E-state index contributed by atoms with van der Waals surface area (Å²) in [5, 5.41) is 15.8. The number of nitrogens with zero attached hydrogens (tertiary/aromatic N) is 1.